The second kappa shape index (κ2) is 6.33. The molecule has 106 valence electrons. The van der Waals surface area contributed by atoms with Gasteiger partial charge in [0, 0.05) is 25.6 Å². The van der Waals surface area contributed by atoms with E-state index in [1.807, 2.05) is 6.20 Å². The van der Waals surface area contributed by atoms with Gasteiger partial charge < -0.3 is 10.2 Å². The molecule has 0 aliphatic carbocycles. The maximum Gasteiger partial charge on any atom is 0.131 e. The van der Waals surface area contributed by atoms with Crippen LogP contribution < -0.4 is 10.2 Å². The first-order valence-corrected chi connectivity index (χ1v) is 7.43. The van der Waals surface area contributed by atoms with Gasteiger partial charge in [-0.15, -0.1) is 0 Å². The van der Waals surface area contributed by atoms with E-state index in [-0.39, 0.29) is 0 Å². The highest BCUT2D eigenvalue weighted by Gasteiger charge is 2.22. The molecule has 0 aromatic carbocycles. The molecule has 1 N–H and O–H groups in total. The zero-order chi connectivity index (χ0) is 13.8. The average molecular weight is 262 g/mol. The maximum atomic E-state index is 4.76. The van der Waals surface area contributed by atoms with Crippen LogP contribution in [0.15, 0.2) is 6.20 Å². The van der Waals surface area contributed by atoms with Crippen molar-refractivity contribution >= 4 is 5.69 Å². The van der Waals surface area contributed by atoms with Crippen molar-refractivity contribution in [2.75, 3.05) is 24.5 Å². The predicted molar refractivity (Wildman–Crippen MR) is 79.5 cm³/mol. The van der Waals surface area contributed by atoms with Crippen molar-refractivity contribution in [3.8, 4) is 0 Å². The smallest absolute Gasteiger partial charge is 0.131 e. The van der Waals surface area contributed by atoms with Crippen molar-refractivity contribution in [3.63, 3.8) is 0 Å². The number of nitrogens with one attached hydrogen (secondary N) is 1. The summed E-state index contributed by atoms with van der Waals surface area (Å²) in [4.78, 5) is 11.7. The van der Waals surface area contributed by atoms with Crippen LogP contribution in [-0.4, -0.2) is 29.6 Å². The molecule has 2 rings (SSSR count). The van der Waals surface area contributed by atoms with Crippen LogP contribution in [0.1, 0.15) is 51.6 Å². The Morgan fingerprint density at radius 1 is 1.47 bits per heavy atom. The van der Waals surface area contributed by atoms with E-state index in [9.17, 15) is 0 Å². The number of rotatable bonds is 5. The normalized spacial score (nSPS) is 19.4. The summed E-state index contributed by atoms with van der Waals surface area (Å²) in [6.45, 7) is 12.8. The summed E-state index contributed by atoms with van der Waals surface area (Å²) in [6, 6.07) is 0. The fraction of sp³-hybridized carbons (Fsp3) is 0.733. The number of nitrogens with zero attached hydrogens (tertiary/aromatic N) is 3. The Balaban J connectivity index is 2.25. The van der Waals surface area contributed by atoms with E-state index in [2.05, 4.69) is 42.9 Å². The Kier molecular flexibility index (Phi) is 4.75. The van der Waals surface area contributed by atoms with Crippen molar-refractivity contribution in [2.24, 2.45) is 5.92 Å². The van der Waals surface area contributed by atoms with Crippen LogP contribution in [-0.2, 0) is 6.54 Å². The zero-order valence-electron chi connectivity index (χ0n) is 12.6. The first kappa shape index (κ1) is 14.3. The molecular weight excluding hydrogens is 236 g/mol. The lowest BCUT2D eigenvalue weighted by molar-refractivity contribution is 0.656. The van der Waals surface area contributed by atoms with E-state index in [4.69, 9.17) is 4.98 Å². The Hall–Kier alpha value is -1.16. The highest BCUT2D eigenvalue weighted by atomic mass is 15.2. The van der Waals surface area contributed by atoms with E-state index in [0.29, 0.717) is 5.92 Å². The van der Waals surface area contributed by atoms with Crippen molar-refractivity contribution in [2.45, 2.75) is 46.6 Å². The first-order valence-electron chi connectivity index (χ1n) is 7.43. The van der Waals surface area contributed by atoms with E-state index < -0.39 is 0 Å². The van der Waals surface area contributed by atoms with Crippen LogP contribution >= 0.6 is 0 Å². The highest BCUT2D eigenvalue weighted by molar-refractivity contribution is 5.50. The minimum atomic E-state index is 0.381. The minimum absolute atomic E-state index is 0.381. The molecule has 1 saturated heterocycles. The molecule has 0 spiro atoms. The van der Waals surface area contributed by atoms with Crippen LogP contribution in [0.3, 0.4) is 0 Å². The number of hydrogen-bond acceptors (Lipinski definition) is 4. The Morgan fingerprint density at radius 3 is 2.84 bits per heavy atom. The van der Waals surface area contributed by atoms with E-state index in [0.717, 1.165) is 43.6 Å². The molecule has 0 saturated carbocycles. The number of anilines is 1. The summed E-state index contributed by atoms with van der Waals surface area (Å²) in [5.41, 5.74) is 2.37. The first-order chi connectivity index (χ1) is 9.11. The summed E-state index contributed by atoms with van der Waals surface area (Å²) < 4.78 is 0. The van der Waals surface area contributed by atoms with Gasteiger partial charge >= 0.3 is 0 Å². The van der Waals surface area contributed by atoms with Crippen molar-refractivity contribution < 1.29 is 0 Å². The Labute approximate surface area is 116 Å². The molecule has 1 aromatic heterocycles. The lowest BCUT2D eigenvalue weighted by Gasteiger charge is -2.21. The van der Waals surface area contributed by atoms with Crippen molar-refractivity contribution in [3.05, 3.63) is 17.7 Å². The Morgan fingerprint density at radius 2 is 2.26 bits per heavy atom. The van der Waals surface area contributed by atoms with E-state index in [1.54, 1.807) is 0 Å². The van der Waals surface area contributed by atoms with Gasteiger partial charge in [0.25, 0.3) is 0 Å². The van der Waals surface area contributed by atoms with Crippen LogP contribution in [0.25, 0.3) is 0 Å². The largest absolute Gasteiger partial charge is 0.368 e. The molecule has 4 heteroatoms. The molecule has 1 fully saturated rings. The summed E-state index contributed by atoms with van der Waals surface area (Å²) in [5.74, 6) is 2.10. The second-order valence-electron chi connectivity index (χ2n) is 5.84. The quantitative estimate of drug-likeness (QED) is 0.885. The fourth-order valence-corrected chi connectivity index (χ4v) is 2.50. The average Bonchev–Trinajstić information content (AvgIpc) is 2.82. The third-order valence-electron chi connectivity index (χ3n) is 3.69. The molecule has 1 aliphatic rings. The summed E-state index contributed by atoms with van der Waals surface area (Å²) >= 11 is 0. The van der Waals surface area contributed by atoms with Crippen LogP contribution in [0.4, 0.5) is 5.69 Å². The number of aromatic nitrogens is 2. The van der Waals surface area contributed by atoms with Gasteiger partial charge in [0.2, 0.25) is 0 Å². The lowest BCUT2D eigenvalue weighted by Crippen LogP contribution is -2.24. The fourth-order valence-electron chi connectivity index (χ4n) is 2.50. The van der Waals surface area contributed by atoms with Crippen molar-refractivity contribution in [1.29, 1.82) is 0 Å². The molecule has 1 aliphatic heterocycles. The zero-order valence-corrected chi connectivity index (χ0v) is 12.6. The standard InChI is InChI=1S/C15H26N4/c1-5-16-8-13-14(19-7-6-12(4)10-19)9-17-15(18-13)11(2)3/h9,11-12,16H,5-8,10H2,1-4H3. The highest BCUT2D eigenvalue weighted by Crippen LogP contribution is 2.26. The SMILES string of the molecule is CCNCc1nc(C(C)C)ncc1N1CCC(C)C1. The molecule has 1 unspecified atom stereocenters. The molecule has 0 amide bonds. The molecule has 19 heavy (non-hydrogen) atoms. The third-order valence-corrected chi connectivity index (χ3v) is 3.69. The summed E-state index contributed by atoms with van der Waals surface area (Å²) in [6.07, 6.45) is 3.29. The Bertz CT molecular complexity index is 417. The lowest BCUT2D eigenvalue weighted by atomic mass is 10.2. The third kappa shape index (κ3) is 3.44. The molecule has 1 atom stereocenters. The van der Waals surface area contributed by atoms with Gasteiger partial charge in [-0.3, -0.25) is 0 Å². The van der Waals surface area contributed by atoms with Gasteiger partial charge in [0.1, 0.15) is 5.82 Å². The monoisotopic (exact) mass is 262 g/mol. The topological polar surface area (TPSA) is 41.1 Å². The van der Waals surface area contributed by atoms with Crippen molar-refractivity contribution in [1.82, 2.24) is 15.3 Å². The molecule has 0 radical (unpaired) electrons. The van der Waals surface area contributed by atoms with Gasteiger partial charge in [-0.05, 0) is 18.9 Å². The summed E-state index contributed by atoms with van der Waals surface area (Å²) in [5, 5.41) is 3.39. The minimum Gasteiger partial charge on any atom is -0.368 e. The van der Waals surface area contributed by atoms with Gasteiger partial charge in [-0.25, -0.2) is 9.97 Å². The van der Waals surface area contributed by atoms with Gasteiger partial charge in [0.05, 0.1) is 17.6 Å². The molecule has 2 heterocycles. The van der Waals surface area contributed by atoms with Gasteiger partial charge in [-0.1, -0.05) is 27.7 Å². The van der Waals surface area contributed by atoms with E-state index in [1.165, 1.54) is 12.1 Å². The van der Waals surface area contributed by atoms with E-state index >= 15 is 0 Å². The van der Waals surface area contributed by atoms with Crippen LogP contribution in [0.5, 0.6) is 0 Å². The predicted octanol–water partition coefficient (Wildman–Crippen LogP) is 2.56. The molecule has 1 aromatic rings. The van der Waals surface area contributed by atoms with Gasteiger partial charge in [0.15, 0.2) is 0 Å². The number of hydrogen-bond donors (Lipinski definition) is 1. The van der Waals surface area contributed by atoms with Crippen LogP contribution in [0.2, 0.25) is 0 Å². The van der Waals surface area contributed by atoms with Gasteiger partial charge in [-0.2, -0.15) is 0 Å². The molecule has 4 nitrogen and oxygen atoms in total. The molecule has 0 bridgehead atoms. The van der Waals surface area contributed by atoms with Crippen LogP contribution in [0, 0.1) is 5.92 Å². The molecular formula is C15H26N4. The summed E-state index contributed by atoms with van der Waals surface area (Å²) in [7, 11) is 0. The second-order valence-corrected chi connectivity index (χ2v) is 5.84. The maximum absolute atomic E-state index is 4.76.